The second-order valence-corrected chi connectivity index (χ2v) is 5.11. The summed E-state index contributed by atoms with van der Waals surface area (Å²) in [7, 11) is 0. The van der Waals surface area contributed by atoms with Crippen LogP contribution in [0.2, 0.25) is 0 Å². The molecule has 1 fully saturated rings. The van der Waals surface area contributed by atoms with Gasteiger partial charge in [0.1, 0.15) is 0 Å². The maximum absolute atomic E-state index is 11.1. The van der Waals surface area contributed by atoms with Gasteiger partial charge in [0, 0.05) is 37.3 Å². The molecular formula is C13H18N4O4. The fourth-order valence-electron chi connectivity index (χ4n) is 2.40. The average Bonchev–Trinajstić information content (AvgIpc) is 2.36. The fourth-order valence-corrected chi connectivity index (χ4v) is 2.40. The number of non-ortho nitro benzene ring substituents is 1. The Balaban J connectivity index is 2.24. The third kappa shape index (κ3) is 3.53. The molecule has 8 nitrogen and oxygen atoms in total. The van der Waals surface area contributed by atoms with Crippen molar-refractivity contribution in [3.8, 4) is 0 Å². The molecule has 1 heterocycles. The molecule has 1 aliphatic heterocycles. The highest BCUT2D eigenvalue weighted by Crippen LogP contribution is 2.26. The predicted octanol–water partition coefficient (Wildman–Crippen LogP) is 1.69. The van der Waals surface area contributed by atoms with Crippen LogP contribution in [-0.4, -0.2) is 40.4 Å². The van der Waals surface area contributed by atoms with Crippen LogP contribution in [0.1, 0.15) is 18.9 Å². The lowest BCUT2D eigenvalue weighted by Crippen LogP contribution is -2.57. The first-order valence-corrected chi connectivity index (χ1v) is 6.89. The lowest BCUT2D eigenvalue weighted by molar-refractivity contribution is -0.394. The van der Waals surface area contributed by atoms with Gasteiger partial charge in [0.15, 0.2) is 0 Å². The number of nitrogens with zero attached hydrogens (tertiary/aromatic N) is 3. The Morgan fingerprint density at radius 3 is 2.48 bits per heavy atom. The molecule has 1 aromatic carbocycles. The number of rotatable bonds is 7. The van der Waals surface area contributed by atoms with Crippen molar-refractivity contribution >= 4 is 11.4 Å². The van der Waals surface area contributed by atoms with Crippen molar-refractivity contribution in [3.05, 3.63) is 44.0 Å². The number of hydrogen-bond acceptors (Lipinski definition) is 6. The second kappa shape index (κ2) is 6.59. The zero-order valence-corrected chi connectivity index (χ0v) is 11.8. The highest BCUT2D eigenvalue weighted by atomic mass is 16.6. The summed E-state index contributed by atoms with van der Waals surface area (Å²) in [5.41, 5.74) is 0.0846. The molecule has 0 aliphatic carbocycles. The maximum atomic E-state index is 11.1. The van der Waals surface area contributed by atoms with E-state index in [2.05, 4.69) is 17.1 Å². The summed E-state index contributed by atoms with van der Waals surface area (Å²) in [4.78, 5) is 22.9. The monoisotopic (exact) mass is 294 g/mol. The van der Waals surface area contributed by atoms with Crippen molar-refractivity contribution in [1.29, 1.82) is 0 Å². The molecule has 1 N–H and O–H groups in total. The first-order valence-electron chi connectivity index (χ1n) is 6.89. The predicted molar refractivity (Wildman–Crippen MR) is 77.1 cm³/mol. The molecule has 1 aromatic rings. The first-order chi connectivity index (χ1) is 10.0. The van der Waals surface area contributed by atoms with Gasteiger partial charge in [0.05, 0.1) is 15.9 Å². The van der Waals surface area contributed by atoms with Crippen LogP contribution >= 0.6 is 0 Å². The van der Waals surface area contributed by atoms with Crippen LogP contribution in [0, 0.1) is 20.2 Å². The Kier molecular flexibility index (Phi) is 4.81. The lowest BCUT2D eigenvalue weighted by atomic mass is 10.1. The zero-order valence-electron chi connectivity index (χ0n) is 11.8. The van der Waals surface area contributed by atoms with Crippen molar-refractivity contribution in [3.63, 3.8) is 0 Å². The molecule has 1 aliphatic rings. The molecule has 114 valence electrons. The van der Waals surface area contributed by atoms with Gasteiger partial charge in [-0.05, 0) is 19.0 Å². The minimum atomic E-state index is -0.615. The molecule has 2 rings (SSSR count). The summed E-state index contributed by atoms with van der Waals surface area (Å²) in [5, 5.41) is 25.1. The lowest BCUT2D eigenvalue weighted by Gasteiger charge is -2.38. The molecule has 0 aromatic heterocycles. The van der Waals surface area contributed by atoms with E-state index in [1.807, 2.05) is 0 Å². The number of nitro groups is 2. The van der Waals surface area contributed by atoms with E-state index in [0.29, 0.717) is 18.2 Å². The van der Waals surface area contributed by atoms with Crippen molar-refractivity contribution in [2.75, 3.05) is 19.6 Å². The van der Waals surface area contributed by atoms with E-state index in [-0.39, 0.29) is 11.4 Å². The van der Waals surface area contributed by atoms with Gasteiger partial charge in [0.2, 0.25) is 0 Å². The largest absolute Gasteiger partial charge is 0.314 e. The normalized spacial score (nSPS) is 15.0. The van der Waals surface area contributed by atoms with Crippen LogP contribution in [0.3, 0.4) is 0 Å². The summed E-state index contributed by atoms with van der Waals surface area (Å²) in [6.45, 7) is 5.10. The van der Waals surface area contributed by atoms with E-state index in [0.717, 1.165) is 32.1 Å². The van der Waals surface area contributed by atoms with Gasteiger partial charge in [-0.3, -0.25) is 25.1 Å². The van der Waals surface area contributed by atoms with Crippen molar-refractivity contribution in [2.45, 2.75) is 25.9 Å². The summed E-state index contributed by atoms with van der Waals surface area (Å²) in [6, 6.07) is 4.23. The molecule has 0 atom stereocenters. The van der Waals surface area contributed by atoms with E-state index >= 15 is 0 Å². The molecule has 21 heavy (non-hydrogen) atoms. The topological polar surface area (TPSA) is 102 Å². The summed E-state index contributed by atoms with van der Waals surface area (Å²) >= 11 is 0. The van der Waals surface area contributed by atoms with Crippen molar-refractivity contribution in [2.24, 2.45) is 0 Å². The molecule has 0 saturated carbocycles. The Morgan fingerprint density at radius 1 is 1.29 bits per heavy atom. The van der Waals surface area contributed by atoms with Crippen molar-refractivity contribution in [1.82, 2.24) is 10.2 Å². The standard InChI is InChI=1S/C13H18N4O4/c1-2-5-15(12-7-14-8-12)9-10-3-4-11(16(18)19)6-13(10)17(20)21/h3-4,6,12,14H,2,5,7-9H2,1H3. The number of hydrogen-bond donors (Lipinski definition) is 1. The third-order valence-corrected chi connectivity index (χ3v) is 3.64. The van der Waals surface area contributed by atoms with Crippen LogP contribution in [0.15, 0.2) is 18.2 Å². The van der Waals surface area contributed by atoms with Crippen molar-refractivity contribution < 1.29 is 9.85 Å². The van der Waals surface area contributed by atoms with E-state index in [1.54, 1.807) is 0 Å². The van der Waals surface area contributed by atoms with Crippen LogP contribution < -0.4 is 5.32 Å². The molecule has 0 unspecified atom stereocenters. The molecule has 0 amide bonds. The smallest absolute Gasteiger partial charge is 0.280 e. The third-order valence-electron chi connectivity index (χ3n) is 3.64. The molecule has 0 bridgehead atoms. The fraction of sp³-hybridized carbons (Fsp3) is 0.538. The highest BCUT2D eigenvalue weighted by molar-refractivity contribution is 5.49. The van der Waals surface area contributed by atoms with E-state index in [9.17, 15) is 20.2 Å². The molecule has 0 spiro atoms. The van der Waals surface area contributed by atoms with E-state index < -0.39 is 9.85 Å². The summed E-state index contributed by atoms with van der Waals surface area (Å²) in [5.74, 6) is 0. The van der Waals surface area contributed by atoms with Crippen LogP contribution in [0.5, 0.6) is 0 Å². The SMILES string of the molecule is CCCN(Cc1ccc([N+](=O)[O-])cc1[N+](=O)[O-])C1CNC1. The molecular weight excluding hydrogens is 276 g/mol. The van der Waals surface area contributed by atoms with Gasteiger partial charge in [-0.1, -0.05) is 6.92 Å². The van der Waals surface area contributed by atoms with Crippen LogP contribution in [0.4, 0.5) is 11.4 Å². The van der Waals surface area contributed by atoms with Gasteiger partial charge in [-0.15, -0.1) is 0 Å². The zero-order chi connectivity index (χ0) is 15.4. The quantitative estimate of drug-likeness (QED) is 0.606. The van der Waals surface area contributed by atoms with Gasteiger partial charge >= 0.3 is 0 Å². The van der Waals surface area contributed by atoms with E-state index in [1.165, 1.54) is 12.1 Å². The Hall–Kier alpha value is -2.06. The second-order valence-electron chi connectivity index (χ2n) is 5.11. The maximum Gasteiger partial charge on any atom is 0.280 e. The highest BCUT2D eigenvalue weighted by Gasteiger charge is 2.27. The summed E-state index contributed by atoms with van der Waals surface area (Å²) in [6.07, 6.45) is 0.956. The molecule has 1 saturated heterocycles. The number of nitro benzene ring substituents is 2. The average molecular weight is 294 g/mol. The van der Waals surface area contributed by atoms with Gasteiger partial charge < -0.3 is 5.32 Å². The number of nitrogens with one attached hydrogen (secondary N) is 1. The van der Waals surface area contributed by atoms with Crippen LogP contribution in [0.25, 0.3) is 0 Å². The Bertz CT molecular complexity index is 545. The van der Waals surface area contributed by atoms with E-state index in [4.69, 9.17) is 0 Å². The minimum Gasteiger partial charge on any atom is -0.314 e. The van der Waals surface area contributed by atoms with Crippen LogP contribution in [-0.2, 0) is 6.54 Å². The molecule has 0 radical (unpaired) electrons. The minimum absolute atomic E-state index is 0.183. The Labute approximate surface area is 122 Å². The Morgan fingerprint density at radius 2 is 2.00 bits per heavy atom. The first kappa shape index (κ1) is 15.3. The van der Waals surface area contributed by atoms with Gasteiger partial charge in [-0.25, -0.2) is 0 Å². The molecule has 8 heteroatoms. The summed E-state index contributed by atoms with van der Waals surface area (Å²) < 4.78 is 0. The number of benzene rings is 1. The van der Waals surface area contributed by atoms with Gasteiger partial charge in [-0.2, -0.15) is 0 Å². The van der Waals surface area contributed by atoms with Gasteiger partial charge in [0.25, 0.3) is 11.4 Å².